The molecule has 3 heterocycles. The summed E-state index contributed by atoms with van der Waals surface area (Å²) in [7, 11) is 0. The fraction of sp³-hybridized carbons (Fsp3) is 0.529. The van der Waals surface area contributed by atoms with Crippen molar-refractivity contribution in [1.82, 2.24) is 30.1 Å². The lowest BCUT2D eigenvalue weighted by Gasteiger charge is -2.26. The number of fused-ring (bicyclic) bond motifs is 3. The number of hydrogen-bond donors (Lipinski definition) is 2. The van der Waals surface area contributed by atoms with E-state index in [1.807, 2.05) is 12.3 Å². The molecule has 3 aromatic rings. The van der Waals surface area contributed by atoms with Gasteiger partial charge < -0.3 is 10.3 Å². The Hall–Kier alpha value is -2.44. The summed E-state index contributed by atoms with van der Waals surface area (Å²) in [5, 5.41) is 12.9. The number of nitrogens with one attached hydrogen (secondary N) is 2. The lowest BCUT2D eigenvalue weighted by atomic mass is 9.79. The van der Waals surface area contributed by atoms with Crippen LogP contribution in [-0.4, -0.2) is 36.7 Å². The summed E-state index contributed by atoms with van der Waals surface area (Å²) >= 11 is 0. The lowest BCUT2D eigenvalue weighted by molar-refractivity contribution is -0.126. The predicted molar refractivity (Wildman–Crippen MR) is 88.5 cm³/mol. The SMILES string of the molecule is O=C(NC1CC1)C1CCC(c2nnn3cnc4[nH]ccc4c23)CC1. The van der Waals surface area contributed by atoms with Crippen LogP contribution in [0.4, 0.5) is 0 Å². The number of carbonyl (C=O) groups excluding carboxylic acids is 1. The first-order chi connectivity index (χ1) is 11.8. The second kappa shape index (κ2) is 5.29. The number of nitrogens with zero attached hydrogens (tertiary/aromatic N) is 4. The molecule has 2 saturated carbocycles. The van der Waals surface area contributed by atoms with E-state index in [-0.39, 0.29) is 11.8 Å². The van der Waals surface area contributed by atoms with Gasteiger partial charge in [-0.3, -0.25) is 4.79 Å². The van der Waals surface area contributed by atoms with Crippen molar-refractivity contribution in [3.05, 3.63) is 24.3 Å². The van der Waals surface area contributed by atoms with Gasteiger partial charge in [0.2, 0.25) is 5.91 Å². The van der Waals surface area contributed by atoms with Crippen LogP contribution in [0.2, 0.25) is 0 Å². The Morgan fingerprint density at radius 1 is 1.21 bits per heavy atom. The molecule has 2 N–H and O–H groups in total. The quantitative estimate of drug-likeness (QED) is 0.773. The molecule has 0 aromatic carbocycles. The van der Waals surface area contributed by atoms with Crippen LogP contribution in [-0.2, 0) is 4.79 Å². The summed E-state index contributed by atoms with van der Waals surface area (Å²) in [6.45, 7) is 0. The monoisotopic (exact) mass is 324 g/mol. The molecule has 0 bridgehead atoms. The molecule has 2 aliphatic rings. The van der Waals surface area contributed by atoms with E-state index >= 15 is 0 Å². The van der Waals surface area contributed by atoms with Gasteiger partial charge in [0.05, 0.1) is 5.69 Å². The van der Waals surface area contributed by atoms with Crippen molar-refractivity contribution >= 4 is 22.5 Å². The van der Waals surface area contributed by atoms with Crippen molar-refractivity contribution < 1.29 is 4.79 Å². The third-order valence-electron chi connectivity index (χ3n) is 5.41. The number of amides is 1. The van der Waals surface area contributed by atoms with Crippen molar-refractivity contribution in [3.63, 3.8) is 0 Å². The van der Waals surface area contributed by atoms with E-state index < -0.39 is 0 Å². The Morgan fingerprint density at radius 2 is 2.04 bits per heavy atom. The zero-order valence-corrected chi connectivity index (χ0v) is 13.4. The van der Waals surface area contributed by atoms with Crippen LogP contribution in [0.1, 0.15) is 50.1 Å². The number of carbonyl (C=O) groups is 1. The smallest absolute Gasteiger partial charge is 0.223 e. The van der Waals surface area contributed by atoms with Crippen LogP contribution < -0.4 is 5.32 Å². The fourth-order valence-electron chi connectivity index (χ4n) is 3.87. The van der Waals surface area contributed by atoms with Gasteiger partial charge in [0.25, 0.3) is 0 Å². The van der Waals surface area contributed by atoms with E-state index in [2.05, 4.69) is 25.6 Å². The van der Waals surface area contributed by atoms with Crippen LogP contribution in [0.5, 0.6) is 0 Å². The zero-order valence-electron chi connectivity index (χ0n) is 13.4. The first-order valence-corrected chi connectivity index (χ1v) is 8.77. The minimum absolute atomic E-state index is 0.164. The van der Waals surface area contributed by atoms with Crippen LogP contribution in [0.3, 0.4) is 0 Å². The topological polar surface area (TPSA) is 88.0 Å². The lowest BCUT2D eigenvalue weighted by Crippen LogP contribution is -2.34. The molecule has 0 aliphatic heterocycles. The molecule has 1 amide bonds. The molecule has 124 valence electrons. The minimum Gasteiger partial charge on any atom is -0.353 e. The first-order valence-electron chi connectivity index (χ1n) is 8.77. The highest BCUT2D eigenvalue weighted by molar-refractivity contribution is 5.92. The highest BCUT2D eigenvalue weighted by Gasteiger charge is 2.32. The number of aromatic amines is 1. The summed E-state index contributed by atoms with van der Waals surface area (Å²) in [5.41, 5.74) is 2.96. The van der Waals surface area contributed by atoms with Crippen molar-refractivity contribution in [2.75, 3.05) is 0 Å². The maximum atomic E-state index is 12.2. The zero-order chi connectivity index (χ0) is 16.1. The predicted octanol–water partition coefficient (Wildman–Crippen LogP) is 2.16. The van der Waals surface area contributed by atoms with Crippen LogP contribution in [0, 0.1) is 5.92 Å². The average molecular weight is 324 g/mol. The third-order valence-corrected chi connectivity index (χ3v) is 5.41. The second-order valence-electron chi connectivity index (χ2n) is 7.08. The Balaban J connectivity index is 1.38. The Kier molecular flexibility index (Phi) is 3.08. The van der Waals surface area contributed by atoms with Crippen molar-refractivity contribution in [2.24, 2.45) is 5.92 Å². The number of H-pyrrole nitrogens is 1. The molecule has 7 nitrogen and oxygen atoms in total. The Bertz CT molecular complexity index is 900. The van der Waals surface area contributed by atoms with Crippen LogP contribution in [0.15, 0.2) is 18.6 Å². The summed E-state index contributed by atoms with van der Waals surface area (Å²) < 4.78 is 1.76. The molecule has 0 radical (unpaired) electrons. The van der Waals surface area contributed by atoms with E-state index in [0.29, 0.717) is 12.0 Å². The molecule has 0 unspecified atom stereocenters. The summed E-state index contributed by atoms with van der Waals surface area (Å²) in [4.78, 5) is 19.7. The summed E-state index contributed by atoms with van der Waals surface area (Å²) in [5.74, 6) is 0.784. The molecular weight excluding hydrogens is 304 g/mol. The minimum atomic E-state index is 0.164. The van der Waals surface area contributed by atoms with Crippen molar-refractivity contribution in [1.29, 1.82) is 0 Å². The average Bonchev–Trinajstić information content (AvgIpc) is 3.12. The molecule has 0 saturated heterocycles. The Labute approximate surface area is 138 Å². The molecule has 0 spiro atoms. The maximum Gasteiger partial charge on any atom is 0.223 e. The Morgan fingerprint density at radius 3 is 2.83 bits per heavy atom. The van der Waals surface area contributed by atoms with Gasteiger partial charge in [-0.2, -0.15) is 0 Å². The molecule has 7 heteroatoms. The van der Waals surface area contributed by atoms with E-state index in [1.54, 1.807) is 10.8 Å². The van der Waals surface area contributed by atoms with E-state index in [4.69, 9.17) is 0 Å². The van der Waals surface area contributed by atoms with Gasteiger partial charge in [-0.05, 0) is 44.6 Å². The number of aromatic nitrogens is 5. The molecular formula is C17H20N6O. The van der Waals surface area contributed by atoms with Gasteiger partial charge in [0, 0.05) is 29.5 Å². The maximum absolute atomic E-state index is 12.2. The van der Waals surface area contributed by atoms with Gasteiger partial charge in [-0.25, -0.2) is 9.50 Å². The van der Waals surface area contributed by atoms with Crippen molar-refractivity contribution in [3.8, 4) is 0 Å². The standard InChI is InChI=1S/C17H20N6O/c24-17(20-12-5-6-12)11-3-1-10(2-4-11)14-15-13-7-8-18-16(13)19-9-23(15)22-21-14/h7-12,18H,1-6H2,(H,20,24). The highest BCUT2D eigenvalue weighted by Crippen LogP contribution is 2.38. The second-order valence-corrected chi connectivity index (χ2v) is 7.08. The molecule has 2 aliphatic carbocycles. The van der Waals surface area contributed by atoms with E-state index in [1.165, 1.54) is 0 Å². The molecule has 5 rings (SSSR count). The summed E-state index contributed by atoms with van der Waals surface area (Å²) in [6, 6.07) is 2.48. The van der Waals surface area contributed by atoms with Gasteiger partial charge in [0.1, 0.15) is 17.5 Å². The highest BCUT2D eigenvalue weighted by atomic mass is 16.2. The summed E-state index contributed by atoms with van der Waals surface area (Å²) in [6.07, 6.45) is 9.75. The molecule has 0 atom stereocenters. The van der Waals surface area contributed by atoms with Gasteiger partial charge >= 0.3 is 0 Å². The molecule has 2 fully saturated rings. The van der Waals surface area contributed by atoms with E-state index in [9.17, 15) is 4.79 Å². The molecule has 3 aromatic heterocycles. The van der Waals surface area contributed by atoms with Gasteiger partial charge in [0.15, 0.2) is 0 Å². The van der Waals surface area contributed by atoms with Crippen molar-refractivity contribution in [2.45, 2.75) is 50.5 Å². The van der Waals surface area contributed by atoms with Crippen LogP contribution in [0.25, 0.3) is 16.6 Å². The first kappa shape index (κ1) is 13.9. The number of hydrogen-bond acceptors (Lipinski definition) is 4. The fourth-order valence-corrected chi connectivity index (χ4v) is 3.87. The van der Waals surface area contributed by atoms with Gasteiger partial charge in [-0.1, -0.05) is 5.21 Å². The van der Waals surface area contributed by atoms with Gasteiger partial charge in [-0.15, -0.1) is 5.10 Å². The molecule has 24 heavy (non-hydrogen) atoms. The van der Waals surface area contributed by atoms with E-state index in [0.717, 1.165) is 60.8 Å². The van der Waals surface area contributed by atoms with Crippen LogP contribution >= 0.6 is 0 Å². The number of rotatable bonds is 3. The third kappa shape index (κ3) is 2.26. The normalized spacial score (nSPS) is 24.5. The largest absolute Gasteiger partial charge is 0.353 e.